The number of anilines is 3. The van der Waals surface area contributed by atoms with Crippen molar-refractivity contribution in [2.75, 3.05) is 17.7 Å². The van der Waals surface area contributed by atoms with E-state index in [1.54, 1.807) is 37.4 Å². The summed E-state index contributed by atoms with van der Waals surface area (Å²) < 4.78 is 6.00. The molecule has 0 aliphatic carbocycles. The maximum absolute atomic E-state index is 12.3. The summed E-state index contributed by atoms with van der Waals surface area (Å²) in [5.74, 6) is 1.36. The maximum Gasteiger partial charge on any atom is 0.258 e. The van der Waals surface area contributed by atoms with Gasteiger partial charge >= 0.3 is 0 Å². The first-order valence-electron chi connectivity index (χ1n) is 7.47. The minimum Gasteiger partial charge on any atom is -0.495 e. The van der Waals surface area contributed by atoms with Gasteiger partial charge < -0.3 is 15.4 Å². The van der Waals surface area contributed by atoms with Gasteiger partial charge in [-0.2, -0.15) is 0 Å². The number of rotatable bonds is 5. The second kappa shape index (κ2) is 7.76. The van der Waals surface area contributed by atoms with Gasteiger partial charge in [-0.3, -0.25) is 4.79 Å². The van der Waals surface area contributed by atoms with Crippen LogP contribution >= 0.6 is 15.9 Å². The van der Waals surface area contributed by atoms with Crippen molar-refractivity contribution in [3.05, 3.63) is 70.7 Å². The van der Waals surface area contributed by atoms with Crippen molar-refractivity contribution >= 4 is 39.2 Å². The Labute approximate surface area is 153 Å². The first kappa shape index (κ1) is 16.9. The summed E-state index contributed by atoms with van der Waals surface area (Å²) in [6.45, 7) is 0. The number of amides is 1. The summed E-state index contributed by atoms with van der Waals surface area (Å²) in [7, 11) is 1.60. The van der Waals surface area contributed by atoms with Gasteiger partial charge in [-0.05, 0) is 52.3 Å². The summed E-state index contributed by atoms with van der Waals surface area (Å²) in [4.78, 5) is 12.3. The van der Waals surface area contributed by atoms with Crippen LogP contribution in [0.15, 0.2) is 65.1 Å². The van der Waals surface area contributed by atoms with Crippen molar-refractivity contribution in [3.63, 3.8) is 0 Å². The molecule has 0 bridgehead atoms. The van der Waals surface area contributed by atoms with Gasteiger partial charge in [-0.25, -0.2) is 0 Å². The Bertz CT molecular complexity index is 884. The average Bonchev–Trinajstić information content (AvgIpc) is 2.64. The largest absolute Gasteiger partial charge is 0.495 e. The van der Waals surface area contributed by atoms with E-state index in [-0.39, 0.29) is 5.91 Å². The molecule has 0 unspecified atom stereocenters. The molecule has 0 aliphatic heterocycles. The number of para-hydroxylation sites is 2. The zero-order valence-electron chi connectivity index (χ0n) is 13.4. The average molecular weight is 399 g/mol. The second-order valence-corrected chi connectivity index (χ2v) is 5.92. The first-order chi connectivity index (χ1) is 12.2. The fraction of sp³-hybridized carbons (Fsp3) is 0.0556. The standard InChI is InChI=1S/C18H15BrN4O2/c1-25-15-9-5-4-8-14(15)20-16-10-11-17(23-22-16)21-18(24)12-6-2-3-7-13(12)19/h2-11H,1H3,(H,20,22)(H,21,23,24). The van der Waals surface area contributed by atoms with Crippen LogP contribution in [0.1, 0.15) is 10.4 Å². The Morgan fingerprint density at radius 3 is 2.36 bits per heavy atom. The molecule has 126 valence electrons. The van der Waals surface area contributed by atoms with E-state index in [4.69, 9.17) is 4.74 Å². The van der Waals surface area contributed by atoms with Crippen molar-refractivity contribution in [2.24, 2.45) is 0 Å². The summed E-state index contributed by atoms with van der Waals surface area (Å²) in [5, 5.41) is 13.9. The van der Waals surface area contributed by atoms with Crippen molar-refractivity contribution < 1.29 is 9.53 Å². The molecule has 6 nitrogen and oxygen atoms in total. The minimum absolute atomic E-state index is 0.257. The lowest BCUT2D eigenvalue weighted by Crippen LogP contribution is -2.14. The summed E-state index contributed by atoms with van der Waals surface area (Å²) in [6, 6.07) is 18.1. The van der Waals surface area contributed by atoms with Gasteiger partial charge in [0.1, 0.15) is 5.75 Å². The van der Waals surface area contributed by atoms with Crippen LogP contribution in [0.2, 0.25) is 0 Å². The molecule has 1 heterocycles. The van der Waals surface area contributed by atoms with E-state index < -0.39 is 0 Å². The van der Waals surface area contributed by atoms with Crippen molar-refractivity contribution in [1.29, 1.82) is 0 Å². The number of methoxy groups -OCH3 is 1. The molecule has 1 amide bonds. The van der Waals surface area contributed by atoms with E-state index in [0.717, 1.165) is 10.2 Å². The van der Waals surface area contributed by atoms with Crippen LogP contribution in [0.3, 0.4) is 0 Å². The predicted octanol–water partition coefficient (Wildman–Crippen LogP) is 4.24. The predicted molar refractivity (Wildman–Crippen MR) is 100 cm³/mol. The molecule has 1 aromatic heterocycles. The van der Waals surface area contributed by atoms with Crippen LogP contribution in [0.4, 0.5) is 17.3 Å². The van der Waals surface area contributed by atoms with Gasteiger partial charge in [0, 0.05) is 4.47 Å². The van der Waals surface area contributed by atoms with Gasteiger partial charge in [0.25, 0.3) is 5.91 Å². The molecule has 0 saturated heterocycles. The van der Waals surface area contributed by atoms with E-state index in [2.05, 4.69) is 36.8 Å². The highest BCUT2D eigenvalue weighted by Gasteiger charge is 2.10. The topological polar surface area (TPSA) is 76.1 Å². The number of ether oxygens (including phenoxy) is 1. The van der Waals surface area contributed by atoms with Crippen molar-refractivity contribution in [2.45, 2.75) is 0 Å². The van der Waals surface area contributed by atoms with E-state index in [9.17, 15) is 4.79 Å². The molecular weight excluding hydrogens is 384 g/mol. The number of halogens is 1. The number of carbonyl (C=O) groups is 1. The molecular formula is C18H15BrN4O2. The highest BCUT2D eigenvalue weighted by molar-refractivity contribution is 9.10. The number of nitrogens with zero attached hydrogens (tertiary/aromatic N) is 2. The van der Waals surface area contributed by atoms with E-state index in [0.29, 0.717) is 22.9 Å². The summed E-state index contributed by atoms with van der Waals surface area (Å²) in [6.07, 6.45) is 0. The lowest BCUT2D eigenvalue weighted by molar-refractivity contribution is 0.102. The number of benzene rings is 2. The van der Waals surface area contributed by atoms with E-state index in [1.807, 2.05) is 30.3 Å². The number of hydrogen-bond acceptors (Lipinski definition) is 5. The third-order valence-electron chi connectivity index (χ3n) is 3.39. The number of nitrogens with one attached hydrogen (secondary N) is 2. The molecule has 0 saturated carbocycles. The van der Waals surface area contributed by atoms with Crippen LogP contribution in [0.25, 0.3) is 0 Å². The fourth-order valence-electron chi connectivity index (χ4n) is 2.18. The second-order valence-electron chi connectivity index (χ2n) is 5.06. The van der Waals surface area contributed by atoms with E-state index in [1.165, 1.54) is 0 Å². The van der Waals surface area contributed by atoms with E-state index >= 15 is 0 Å². The molecule has 0 radical (unpaired) electrons. The summed E-state index contributed by atoms with van der Waals surface area (Å²) in [5.41, 5.74) is 1.31. The van der Waals surface area contributed by atoms with Crippen LogP contribution in [-0.2, 0) is 0 Å². The molecule has 2 N–H and O–H groups in total. The van der Waals surface area contributed by atoms with Gasteiger partial charge in [0.05, 0.1) is 18.4 Å². The third-order valence-corrected chi connectivity index (χ3v) is 4.09. The van der Waals surface area contributed by atoms with Crippen LogP contribution in [0.5, 0.6) is 5.75 Å². The maximum atomic E-state index is 12.3. The van der Waals surface area contributed by atoms with Crippen molar-refractivity contribution in [3.8, 4) is 5.75 Å². The van der Waals surface area contributed by atoms with Gasteiger partial charge in [0.2, 0.25) is 0 Å². The Hall–Kier alpha value is -2.93. The molecule has 0 spiro atoms. The lowest BCUT2D eigenvalue weighted by Gasteiger charge is -2.10. The van der Waals surface area contributed by atoms with Gasteiger partial charge in [0.15, 0.2) is 11.6 Å². The zero-order chi connectivity index (χ0) is 17.6. The SMILES string of the molecule is COc1ccccc1Nc1ccc(NC(=O)c2ccccc2Br)nn1. The Balaban J connectivity index is 1.70. The number of aromatic nitrogens is 2. The molecule has 3 rings (SSSR count). The molecule has 0 atom stereocenters. The molecule has 7 heteroatoms. The normalized spacial score (nSPS) is 10.2. The van der Waals surface area contributed by atoms with Gasteiger partial charge in [-0.15, -0.1) is 10.2 Å². The first-order valence-corrected chi connectivity index (χ1v) is 8.26. The molecule has 2 aromatic carbocycles. The monoisotopic (exact) mass is 398 g/mol. The molecule has 25 heavy (non-hydrogen) atoms. The Kier molecular flexibility index (Phi) is 5.25. The lowest BCUT2D eigenvalue weighted by atomic mass is 10.2. The Morgan fingerprint density at radius 2 is 1.64 bits per heavy atom. The quantitative estimate of drug-likeness (QED) is 0.671. The van der Waals surface area contributed by atoms with Gasteiger partial charge in [-0.1, -0.05) is 24.3 Å². The fourth-order valence-corrected chi connectivity index (χ4v) is 2.65. The highest BCUT2D eigenvalue weighted by atomic mass is 79.9. The minimum atomic E-state index is -0.257. The Morgan fingerprint density at radius 1 is 0.960 bits per heavy atom. The van der Waals surface area contributed by atoms with Crippen LogP contribution in [0, 0.1) is 0 Å². The summed E-state index contributed by atoms with van der Waals surface area (Å²) >= 11 is 3.35. The van der Waals surface area contributed by atoms with Crippen molar-refractivity contribution in [1.82, 2.24) is 10.2 Å². The third kappa shape index (κ3) is 4.13. The number of hydrogen-bond donors (Lipinski definition) is 2. The smallest absolute Gasteiger partial charge is 0.258 e. The molecule has 0 aliphatic rings. The molecule has 0 fully saturated rings. The van der Waals surface area contributed by atoms with Crippen LogP contribution in [-0.4, -0.2) is 23.2 Å². The number of carbonyl (C=O) groups excluding carboxylic acids is 1. The highest BCUT2D eigenvalue weighted by Crippen LogP contribution is 2.26. The molecule has 3 aromatic rings. The zero-order valence-corrected chi connectivity index (χ0v) is 14.9. The van der Waals surface area contributed by atoms with Crippen LogP contribution < -0.4 is 15.4 Å².